The lowest BCUT2D eigenvalue weighted by Gasteiger charge is -1.96. The van der Waals surface area contributed by atoms with Crippen LogP contribution in [0, 0.1) is 0 Å². The summed E-state index contributed by atoms with van der Waals surface area (Å²) in [5.74, 6) is 0.180. The summed E-state index contributed by atoms with van der Waals surface area (Å²) in [5, 5.41) is 6.86. The molecule has 112 valence electrons. The van der Waals surface area contributed by atoms with Crippen LogP contribution in [0.15, 0.2) is 52.0 Å². The van der Waals surface area contributed by atoms with Crippen molar-refractivity contribution >= 4 is 46.3 Å². The monoisotopic (exact) mass is 331 g/mol. The number of benzene rings is 1. The lowest BCUT2D eigenvalue weighted by Crippen LogP contribution is -2.30. The number of carbonyl (C=O) groups excluding carboxylic acids is 1. The van der Waals surface area contributed by atoms with Gasteiger partial charge in [0.25, 0.3) is 5.91 Å². The van der Waals surface area contributed by atoms with E-state index in [0.717, 1.165) is 21.1 Å². The first-order chi connectivity index (χ1) is 10.7. The number of thioether (sulfide) groups is 1. The third kappa shape index (κ3) is 3.37. The molecule has 0 unspecified atom stereocenters. The molecule has 0 bridgehead atoms. The number of hydrazone groups is 1. The number of rotatable bonds is 5. The van der Waals surface area contributed by atoms with Crippen molar-refractivity contribution < 1.29 is 9.36 Å². The third-order valence-electron chi connectivity index (χ3n) is 3.08. The zero-order chi connectivity index (χ0) is 15.4. The summed E-state index contributed by atoms with van der Waals surface area (Å²) in [7, 11) is 1.98. The van der Waals surface area contributed by atoms with E-state index >= 15 is 0 Å². The van der Waals surface area contributed by atoms with Gasteiger partial charge in [-0.3, -0.25) is 4.79 Å². The standard InChI is InChI=1S/C15H14N4OS2/c1-19-13-7-3-2-6-12(13)17-15(19)22-10-14(20)18-16-9-11-5-4-8-21-11/h2-9H,10H2,1H3,(H,18,20)/p+1. The quantitative estimate of drug-likeness (QED) is 0.326. The number of thiophene rings is 1. The second-order valence-corrected chi connectivity index (χ2v) is 6.55. The van der Waals surface area contributed by atoms with Crippen LogP contribution in [0.5, 0.6) is 0 Å². The van der Waals surface area contributed by atoms with Gasteiger partial charge in [0.1, 0.15) is 0 Å². The molecule has 0 aliphatic carbocycles. The Morgan fingerprint density at radius 1 is 1.41 bits per heavy atom. The number of imidazole rings is 1. The number of aromatic nitrogens is 2. The van der Waals surface area contributed by atoms with Crippen molar-refractivity contribution in [3.63, 3.8) is 0 Å². The molecule has 0 fully saturated rings. The molecule has 0 saturated heterocycles. The average Bonchev–Trinajstić information content (AvgIpc) is 3.14. The smallest absolute Gasteiger partial charge is 0.272 e. The largest absolute Gasteiger partial charge is 0.317 e. The van der Waals surface area contributed by atoms with E-state index in [2.05, 4.69) is 15.5 Å². The van der Waals surface area contributed by atoms with Crippen LogP contribution in [0.1, 0.15) is 4.88 Å². The topological polar surface area (TPSA) is 61.1 Å². The molecule has 5 nitrogen and oxygen atoms in total. The van der Waals surface area contributed by atoms with Gasteiger partial charge in [-0.2, -0.15) is 5.10 Å². The van der Waals surface area contributed by atoms with Gasteiger partial charge in [0, 0.05) is 4.88 Å². The molecule has 2 heterocycles. The van der Waals surface area contributed by atoms with Crippen LogP contribution in [0.4, 0.5) is 0 Å². The van der Waals surface area contributed by atoms with Crippen molar-refractivity contribution in [1.29, 1.82) is 0 Å². The molecule has 2 N–H and O–H groups in total. The summed E-state index contributed by atoms with van der Waals surface area (Å²) in [4.78, 5) is 16.1. The van der Waals surface area contributed by atoms with Crippen LogP contribution in [-0.2, 0) is 11.8 Å². The summed E-state index contributed by atoms with van der Waals surface area (Å²) in [6.07, 6.45) is 1.65. The summed E-state index contributed by atoms with van der Waals surface area (Å²) < 4.78 is 2.04. The van der Waals surface area contributed by atoms with Crippen molar-refractivity contribution in [1.82, 2.24) is 10.4 Å². The summed E-state index contributed by atoms with van der Waals surface area (Å²) in [6, 6.07) is 11.9. The second-order valence-electron chi connectivity index (χ2n) is 4.60. The lowest BCUT2D eigenvalue weighted by molar-refractivity contribution is -0.683. The molecular formula is C15H15N4OS2+. The van der Waals surface area contributed by atoms with E-state index in [-0.39, 0.29) is 5.91 Å². The maximum absolute atomic E-state index is 11.8. The van der Waals surface area contributed by atoms with Crippen molar-refractivity contribution in [3.8, 4) is 0 Å². The second kappa shape index (κ2) is 6.76. The van der Waals surface area contributed by atoms with Gasteiger partial charge in [0.05, 0.1) is 19.0 Å². The highest BCUT2D eigenvalue weighted by atomic mass is 32.2. The van der Waals surface area contributed by atoms with Crippen molar-refractivity contribution in [2.24, 2.45) is 12.1 Å². The van der Waals surface area contributed by atoms with E-state index in [0.29, 0.717) is 5.75 Å². The number of carbonyl (C=O) groups is 1. The van der Waals surface area contributed by atoms with Crippen molar-refractivity contribution in [2.75, 3.05) is 5.75 Å². The van der Waals surface area contributed by atoms with E-state index in [4.69, 9.17) is 0 Å². The first-order valence-corrected chi connectivity index (χ1v) is 8.55. The van der Waals surface area contributed by atoms with E-state index < -0.39 is 0 Å². The number of nitrogens with one attached hydrogen (secondary N) is 2. The molecule has 0 saturated carbocycles. The number of para-hydroxylation sites is 2. The van der Waals surface area contributed by atoms with Gasteiger partial charge in [-0.1, -0.05) is 18.2 Å². The molecule has 1 aromatic carbocycles. The van der Waals surface area contributed by atoms with E-state index in [1.807, 2.05) is 53.4 Å². The predicted octanol–water partition coefficient (Wildman–Crippen LogP) is 2.30. The minimum Gasteiger partial charge on any atom is -0.272 e. The number of fused-ring (bicyclic) bond motifs is 1. The minimum atomic E-state index is -0.128. The molecular weight excluding hydrogens is 316 g/mol. The Bertz CT molecular complexity index is 808. The fourth-order valence-corrected chi connectivity index (χ4v) is 3.40. The van der Waals surface area contributed by atoms with Gasteiger partial charge in [0.15, 0.2) is 11.0 Å². The predicted molar refractivity (Wildman–Crippen MR) is 90.3 cm³/mol. The molecule has 0 atom stereocenters. The Balaban J connectivity index is 1.57. The highest BCUT2D eigenvalue weighted by Gasteiger charge is 2.16. The molecule has 1 amide bonds. The first kappa shape index (κ1) is 14.8. The number of hydrogen-bond donors (Lipinski definition) is 2. The van der Waals surface area contributed by atoms with Crippen LogP contribution in [0.3, 0.4) is 0 Å². The minimum absolute atomic E-state index is 0.128. The molecule has 3 rings (SSSR count). The molecule has 2 aromatic heterocycles. The lowest BCUT2D eigenvalue weighted by atomic mass is 10.3. The van der Waals surface area contributed by atoms with Crippen LogP contribution >= 0.6 is 23.1 Å². The molecule has 0 aliphatic rings. The van der Waals surface area contributed by atoms with Crippen LogP contribution in [0.2, 0.25) is 0 Å². The third-order valence-corrected chi connectivity index (χ3v) is 4.94. The number of amides is 1. The zero-order valence-electron chi connectivity index (χ0n) is 11.9. The highest BCUT2D eigenvalue weighted by Crippen LogP contribution is 2.16. The number of H-pyrrole nitrogens is 1. The Morgan fingerprint density at radius 2 is 2.27 bits per heavy atom. The summed E-state index contributed by atoms with van der Waals surface area (Å²) >= 11 is 3.03. The van der Waals surface area contributed by atoms with Crippen LogP contribution in [-0.4, -0.2) is 22.9 Å². The first-order valence-electron chi connectivity index (χ1n) is 6.69. The van der Waals surface area contributed by atoms with Gasteiger partial charge in [0.2, 0.25) is 0 Å². The Labute approximate surface area is 136 Å². The van der Waals surface area contributed by atoms with Gasteiger partial charge >= 0.3 is 5.16 Å². The SMILES string of the molecule is C[n+]1c(SCC(=O)NN=Cc2cccs2)[nH]c2ccccc21. The fraction of sp³-hybridized carbons (Fsp3) is 0.133. The number of hydrogen-bond acceptors (Lipinski definition) is 4. The summed E-state index contributed by atoms with van der Waals surface area (Å²) in [6.45, 7) is 0. The Hall–Kier alpha value is -2.12. The molecule has 7 heteroatoms. The van der Waals surface area contributed by atoms with E-state index in [1.54, 1.807) is 17.6 Å². The maximum Gasteiger partial charge on any atom is 0.317 e. The van der Waals surface area contributed by atoms with Gasteiger partial charge in [-0.25, -0.2) is 15.0 Å². The van der Waals surface area contributed by atoms with Gasteiger partial charge in [-0.15, -0.1) is 11.3 Å². The van der Waals surface area contributed by atoms with Crippen LogP contribution < -0.4 is 9.99 Å². The van der Waals surface area contributed by atoms with Crippen molar-refractivity contribution in [2.45, 2.75) is 5.16 Å². The number of aryl methyl sites for hydroxylation is 1. The Morgan fingerprint density at radius 3 is 3.05 bits per heavy atom. The summed E-state index contributed by atoms with van der Waals surface area (Å²) in [5.41, 5.74) is 4.71. The number of aromatic amines is 1. The fourth-order valence-electron chi connectivity index (χ4n) is 2.01. The van der Waals surface area contributed by atoms with E-state index in [9.17, 15) is 4.79 Å². The molecule has 22 heavy (non-hydrogen) atoms. The average molecular weight is 331 g/mol. The van der Waals surface area contributed by atoms with Crippen LogP contribution in [0.25, 0.3) is 11.0 Å². The molecule has 0 spiro atoms. The van der Waals surface area contributed by atoms with Gasteiger partial charge in [-0.05, 0) is 35.3 Å². The molecule has 0 aliphatic heterocycles. The molecule has 3 aromatic rings. The Kier molecular flexibility index (Phi) is 4.55. The number of nitrogens with zero attached hydrogens (tertiary/aromatic N) is 2. The highest BCUT2D eigenvalue weighted by molar-refractivity contribution is 7.99. The molecule has 0 radical (unpaired) electrons. The van der Waals surface area contributed by atoms with E-state index in [1.165, 1.54) is 11.8 Å². The van der Waals surface area contributed by atoms with Gasteiger partial charge < -0.3 is 0 Å². The normalized spacial score (nSPS) is 11.3. The maximum atomic E-state index is 11.8. The zero-order valence-corrected chi connectivity index (χ0v) is 13.6. The van der Waals surface area contributed by atoms with Crippen molar-refractivity contribution in [3.05, 3.63) is 46.7 Å².